The number of hydrogen-bond acceptors (Lipinski definition) is 7. The van der Waals surface area contributed by atoms with Crippen LogP contribution in [0, 0.1) is 0 Å². The quantitative estimate of drug-likeness (QED) is 0.490. The van der Waals surface area contributed by atoms with Gasteiger partial charge in [0.15, 0.2) is 0 Å². The molecular weight excluding hydrogens is 434 g/mol. The highest BCUT2D eigenvalue weighted by atomic mass is 16.5. The minimum atomic E-state index is -0.254. The van der Waals surface area contributed by atoms with Crippen LogP contribution in [0.25, 0.3) is 0 Å². The molecule has 8 heteroatoms. The van der Waals surface area contributed by atoms with Crippen LogP contribution in [0.15, 0.2) is 60.9 Å². The van der Waals surface area contributed by atoms with E-state index in [0.29, 0.717) is 60.7 Å². The molecule has 178 valence electrons. The molecule has 0 bridgehead atoms. The fraction of sp³-hybridized carbons (Fsp3) is 0.308. The molecule has 4 rings (SSSR count). The summed E-state index contributed by atoms with van der Waals surface area (Å²) in [7, 11) is 0. The van der Waals surface area contributed by atoms with Gasteiger partial charge in [-0.05, 0) is 50.2 Å². The van der Waals surface area contributed by atoms with Gasteiger partial charge < -0.3 is 29.2 Å². The average molecular weight is 464 g/mol. The Morgan fingerprint density at radius 2 is 1.74 bits per heavy atom. The second kappa shape index (κ2) is 11.4. The van der Waals surface area contributed by atoms with E-state index < -0.39 is 0 Å². The molecule has 1 fully saturated rings. The third-order valence-corrected chi connectivity index (χ3v) is 5.25. The van der Waals surface area contributed by atoms with E-state index in [0.717, 1.165) is 18.8 Å². The number of rotatable bonds is 9. The Balaban J connectivity index is 1.54. The van der Waals surface area contributed by atoms with E-state index in [1.165, 1.54) is 0 Å². The van der Waals surface area contributed by atoms with Crippen molar-refractivity contribution in [3.63, 3.8) is 0 Å². The Hall–Kier alpha value is -3.78. The summed E-state index contributed by atoms with van der Waals surface area (Å²) in [5, 5.41) is 2.97. The van der Waals surface area contributed by atoms with Crippen molar-refractivity contribution in [2.24, 2.45) is 0 Å². The highest BCUT2D eigenvalue weighted by molar-refractivity contribution is 6.05. The number of carbonyl (C=O) groups excluding carboxylic acids is 1. The Bertz CT molecular complexity index is 1080. The lowest BCUT2D eigenvalue weighted by molar-refractivity contribution is 0.102. The first-order valence-electron chi connectivity index (χ1n) is 11.4. The molecule has 1 saturated heterocycles. The van der Waals surface area contributed by atoms with Crippen molar-refractivity contribution in [2.75, 3.05) is 49.7 Å². The monoisotopic (exact) mass is 463 g/mol. The van der Waals surface area contributed by atoms with Crippen LogP contribution in [0.5, 0.6) is 23.0 Å². The van der Waals surface area contributed by atoms with Gasteiger partial charge in [-0.3, -0.25) is 9.78 Å². The molecule has 0 unspecified atom stereocenters. The fourth-order valence-electron chi connectivity index (χ4n) is 3.66. The number of pyridine rings is 1. The lowest BCUT2D eigenvalue weighted by Crippen LogP contribution is -2.36. The summed E-state index contributed by atoms with van der Waals surface area (Å²) < 4.78 is 23.0. The minimum absolute atomic E-state index is 0.254. The average Bonchev–Trinajstić information content (AvgIpc) is 2.87. The van der Waals surface area contributed by atoms with E-state index in [4.69, 9.17) is 18.9 Å². The number of benzene rings is 2. The zero-order valence-corrected chi connectivity index (χ0v) is 19.5. The Morgan fingerprint density at radius 1 is 1.00 bits per heavy atom. The molecule has 2 heterocycles. The van der Waals surface area contributed by atoms with Gasteiger partial charge in [-0.2, -0.15) is 0 Å². The highest BCUT2D eigenvalue weighted by Gasteiger charge is 2.21. The van der Waals surface area contributed by atoms with Crippen LogP contribution in [0.3, 0.4) is 0 Å². The van der Waals surface area contributed by atoms with Crippen molar-refractivity contribution in [3.05, 3.63) is 66.5 Å². The Kier molecular flexibility index (Phi) is 7.83. The lowest BCUT2D eigenvalue weighted by Gasteiger charge is -2.31. The Labute approximate surface area is 199 Å². The van der Waals surface area contributed by atoms with Crippen molar-refractivity contribution in [1.82, 2.24) is 4.98 Å². The van der Waals surface area contributed by atoms with E-state index >= 15 is 0 Å². The van der Waals surface area contributed by atoms with Gasteiger partial charge in [-0.25, -0.2) is 0 Å². The lowest BCUT2D eigenvalue weighted by atomic mass is 10.1. The topological polar surface area (TPSA) is 82.2 Å². The summed E-state index contributed by atoms with van der Waals surface area (Å²) in [5.41, 5.74) is 1.99. The largest absolute Gasteiger partial charge is 0.492 e. The molecule has 0 spiro atoms. The fourth-order valence-corrected chi connectivity index (χ4v) is 3.66. The number of hydrogen-bond donors (Lipinski definition) is 1. The van der Waals surface area contributed by atoms with Crippen LogP contribution in [0.2, 0.25) is 0 Å². The maximum atomic E-state index is 13.0. The minimum Gasteiger partial charge on any atom is -0.492 e. The number of morpholine rings is 1. The molecule has 1 amide bonds. The summed E-state index contributed by atoms with van der Waals surface area (Å²) in [4.78, 5) is 19.3. The number of aromatic nitrogens is 1. The Morgan fingerprint density at radius 3 is 2.41 bits per heavy atom. The van der Waals surface area contributed by atoms with Crippen molar-refractivity contribution in [1.29, 1.82) is 0 Å². The predicted octanol–water partition coefficient (Wildman–Crippen LogP) is 4.76. The summed E-state index contributed by atoms with van der Waals surface area (Å²) in [6.45, 7) is 7.69. The van der Waals surface area contributed by atoms with Crippen LogP contribution in [-0.2, 0) is 4.74 Å². The van der Waals surface area contributed by atoms with Gasteiger partial charge >= 0.3 is 0 Å². The molecule has 0 aliphatic carbocycles. The van der Waals surface area contributed by atoms with Crippen molar-refractivity contribution in [3.8, 4) is 23.0 Å². The number of carbonyl (C=O) groups is 1. The molecule has 1 N–H and O–H groups in total. The zero-order chi connectivity index (χ0) is 23.8. The van der Waals surface area contributed by atoms with Crippen LogP contribution < -0.4 is 24.4 Å². The maximum Gasteiger partial charge on any atom is 0.255 e. The molecule has 1 aromatic heterocycles. The number of amides is 1. The number of nitrogens with one attached hydrogen (secondary N) is 1. The first-order chi connectivity index (χ1) is 16.7. The van der Waals surface area contributed by atoms with Gasteiger partial charge in [0, 0.05) is 37.0 Å². The van der Waals surface area contributed by atoms with Crippen LogP contribution >= 0.6 is 0 Å². The van der Waals surface area contributed by atoms with E-state index in [1.54, 1.807) is 42.7 Å². The number of anilines is 2. The van der Waals surface area contributed by atoms with E-state index in [-0.39, 0.29) is 5.91 Å². The maximum absolute atomic E-state index is 13.0. The van der Waals surface area contributed by atoms with Crippen molar-refractivity contribution >= 4 is 17.3 Å². The molecular formula is C26H29N3O5. The van der Waals surface area contributed by atoms with Crippen molar-refractivity contribution in [2.45, 2.75) is 13.8 Å². The molecule has 34 heavy (non-hydrogen) atoms. The molecule has 0 radical (unpaired) electrons. The normalized spacial score (nSPS) is 13.3. The van der Waals surface area contributed by atoms with Crippen molar-refractivity contribution < 1.29 is 23.7 Å². The van der Waals surface area contributed by atoms with Gasteiger partial charge in [0.1, 0.15) is 23.0 Å². The molecule has 1 aliphatic rings. The molecule has 2 aromatic carbocycles. The van der Waals surface area contributed by atoms with Crippen LogP contribution in [0.1, 0.15) is 24.2 Å². The SMILES string of the molecule is CCOc1cc(N2CCOCC2)c(OCC)cc1NC(=O)c1ccc(Oc2cccnc2)cc1. The molecule has 8 nitrogen and oxygen atoms in total. The second-order valence-corrected chi connectivity index (χ2v) is 7.55. The van der Waals surface area contributed by atoms with Crippen LogP contribution in [-0.4, -0.2) is 50.4 Å². The first kappa shape index (κ1) is 23.4. The summed E-state index contributed by atoms with van der Waals surface area (Å²) in [6, 6.07) is 14.3. The second-order valence-electron chi connectivity index (χ2n) is 7.55. The third kappa shape index (κ3) is 5.77. The predicted molar refractivity (Wildman–Crippen MR) is 131 cm³/mol. The highest BCUT2D eigenvalue weighted by Crippen LogP contribution is 2.39. The van der Waals surface area contributed by atoms with Gasteiger partial charge in [0.05, 0.1) is 44.0 Å². The standard InChI is InChI=1S/C26H29N3O5/c1-3-32-24-17-23(29-12-14-31-15-13-29)25(33-4-2)16-22(24)28-26(30)19-7-9-20(10-8-19)34-21-6-5-11-27-18-21/h5-11,16-18H,3-4,12-15H2,1-2H3,(H,28,30). The van der Waals surface area contributed by atoms with Gasteiger partial charge in [-0.1, -0.05) is 0 Å². The molecule has 0 saturated carbocycles. The molecule has 1 aliphatic heterocycles. The number of ether oxygens (including phenoxy) is 4. The van der Waals surface area contributed by atoms with E-state index in [9.17, 15) is 4.79 Å². The van der Waals surface area contributed by atoms with Crippen LogP contribution in [0.4, 0.5) is 11.4 Å². The smallest absolute Gasteiger partial charge is 0.255 e. The summed E-state index contributed by atoms with van der Waals surface area (Å²) >= 11 is 0. The van der Waals surface area contributed by atoms with E-state index in [2.05, 4.69) is 15.2 Å². The molecule has 3 aromatic rings. The van der Waals surface area contributed by atoms with Gasteiger partial charge in [-0.15, -0.1) is 0 Å². The van der Waals surface area contributed by atoms with Gasteiger partial charge in [0.25, 0.3) is 5.91 Å². The third-order valence-electron chi connectivity index (χ3n) is 5.25. The van der Waals surface area contributed by atoms with E-state index in [1.807, 2.05) is 32.0 Å². The first-order valence-corrected chi connectivity index (χ1v) is 11.4. The summed E-state index contributed by atoms with van der Waals surface area (Å²) in [6.07, 6.45) is 3.31. The summed E-state index contributed by atoms with van der Waals surface area (Å²) in [5.74, 6) is 2.29. The van der Waals surface area contributed by atoms with Gasteiger partial charge in [0.2, 0.25) is 0 Å². The zero-order valence-electron chi connectivity index (χ0n) is 19.5. The molecule has 0 atom stereocenters. The number of nitrogens with zero attached hydrogens (tertiary/aromatic N) is 2.